The molecule has 4 heteroatoms. The summed E-state index contributed by atoms with van der Waals surface area (Å²) < 4.78 is 1.97. The van der Waals surface area contributed by atoms with Crippen LogP contribution in [0, 0.1) is 5.92 Å². The maximum atomic E-state index is 4.18. The minimum Gasteiger partial charge on any atom is -0.303 e. The Labute approximate surface area is 99.6 Å². The van der Waals surface area contributed by atoms with Crippen LogP contribution in [0.25, 0.3) is 0 Å². The predicted molar refractivity (Wildman–Crippen MR) is 65.3 cm³/mol. The van der Waals surface area contributed by atoms with E-state index in [1.165, 1.54) is 31.7 Å². The van der Waals surface area contributed by atoms with E-state index < -0.39 is 0 Å². The molecule has 0 aromatic carbocycles. The monoisotopic (exact) mass is 271 g/mol. The van der Waals surface area contributed by atoms with E-state index in [2.05, 4.69) is 32.0 Å². The molecule has 2 heterocycles. The Hall–Kier alpha value is -0.350. The molecule has 0 amide bonds. The lowest BCUT2D eigenvalue weighted by Crippen LogP contribution is -2.24. The minimum atomic E-state index is 0.858. The van der Waals surface area contributed by atoms with Gasteiger partial charge in [0.2, 0.25) is 0 Å². The fourth-order valence-corrected chi connectivity index (χ4v) is 2.69. The van der Waals surface area contributed by atoms with E-state index in [-0.39, 0.29) is 0 Å². The van der Waals surface area contributed by atoms with Crippen molar-refractivity contribution in [1.82, 2.24) is 14.7 Å². The van der Waals surface area contributed by atoms with E-state index in [1.807, 2.05) is 17.9 Å². The molecule has 2 rings (SSSR count). The highest BCUT2D eigenvalue weighted by atomic mass is 79.9. The summed E-state index contributed by atoms with van der Waals surface area (Å²) in [6.07, 6.45) is 4.34. The van der Waals surface area contributed by atoms with Crippen molar-refractivity contribution >= 4 is 15.9 Å². The molecule has 0 saturated carbocycles. The standard InChI is InChI=1S/C11H18BrN3/c1-14-11(2-5-13-14)4-7-15-6-3-10(8-12)9-15/h2,5,10H,3-4,6-9H2,1H3. The van der Waals surface area contributed by atoms with Gasteiger partial charge in [-0.25, -0.2) is 0 Å². The van der Waals surface area contributed by atoms with Crippen LogP contribution in [0.4, 0.5) is 0 Å². The highest BCUT2D eigenvalue weighted by molar-refractivity contribution is 9.09. The molecular formula is C11H18BrN3. The van der Waals surface area contributed by atoms with E-state index in [0.29, 0.717) is 0 Å². The average molecular weight is 272 g/mol. The molecule has 3 nitrogen and oxygen atoms in total. The maximum Gasteiger partial charge on any atom is 0.0492 e. The van der Waals surface area contributed by atoms with Crippen molar-refractivity contribution in [2.45, 2.75) is 12.8 Å². The van der Waals surface area contributed by atoms with Gasteiger partial charge in [0.1, 0.15) is 0 Å². The number of aromatic nitrogens is 2. The second-order valence-corrected chi connectivity index (χ2v) is 4.95. The third kappa shape index (κ3) is 2.82. The van der Waals surface area contributed by atoms with Crippen LogP contribution in [-0.2, 0) is 13.5 Å². The zero-order valence-electron chi connectivity index (χ0n) is 9.19. The van der Waals surface area contributed by atoms with Gasteiger partial charge in [-0.2, -0.15) is 5.10 Å². The summed E-state index contributed by atoms with van der Waals surface area (Å²) in [5, 5.41) is 5.33. The molecule has 0 spiro atoms. The van der Waals surface area contributed by atoms with E-state index in [0.717, 1.165) is 17.7 Å². The van der Waals surface area contributed by atoms with Gasteiger partial charge in [0.05, 0.1) is 0 Å². The van der Waals surface area contributed by atoms with Crippen molar-refractivity contribution in [3.8, 4) is 0 Å². The van der Waals surface area contributed by atoms with Gasteiger partial charge >= 0.3 is 0 Å². The van der Waals surface area contributed by atoms with Gasteiger partial charge in [0, 0.05) is 43.8 Å². The van der Waals surface area contributed by atoms with Crippen molar-refractivity contribution in [2.24, 2.45) is 13.0 Å². The second-order valence-electron chi connectivity index (χ2n) is 4.31. The van der Waals surface area contributed by atoms with E-state index >= 15 is 0 Å². The normalized spacial score (nSPS) is 22.4. The Balaban J connectivity index is 1.77. The lowest BCUT2D eigenvalue weighted by molar-refractivity contribution is 0.330. The molecule has 1 aromatic rings. The van der Waals surface area contributed by atoms with E-state index in [9.17, 15) is 0 Å². The average Bonchev–Trinajstić information content (AvgIpc) is 2.84. The number of rotatable bonds is 4. The summed E-state index contributed by atoms with van der Waals surface area (Å²) in [6, 6.07) is 2.11. The first-order valence-electron chi connectivity index (χ1n) is 5.55. The van der Waals surface area contributed by atoms with Crippen molar-refractivity contribution in [3.63, 3.8) is 0 Å². The van der Waals surface area contributed by atoms with Gasteiger partial charge in [0.15, 0.2) is 0 Å². The SMILES string of the molecule is Cn1nccc1CCN1CCC(CBr)C1. The number of likely N-dealkylation sites (tertiary alicyclic amines) is 1. The number of hydrogen-bond acceptors (Lipinski definition) is 2. The second kappa shape index (κ2) is 5.12. The smallest absolute Gasteiger partial charge is 0.0492 e. The van der Waals surface area contributed by atoms with Crippen LogP contribution >= 0.6 is 15.9 Å². The van der Waals surface area contributed by atoms with Crippen LogP contribution in [0.1, 0.15) is 12.1 Å². The summed E-state index contributed by atoms with van der Waals surface area (Å²) in [5.74, 6) is 0.858. The van der Waals surface area contributed by atoms with Crippen molar-refractivity contribution < 1.29 is 0 Å². The number of alkyl halides is 1. The largest absolute Gasteiger partial charge is 0.303 e. The van der Waals surface area contributed by atoms with Gasteiger partial charge < -0.3 is 4.90 Å². The zero-order chi connectivity index (χ0) is 10.7. The molecule has 0 radical (unpaired) electrons. The van der Waals surface area contributed by atoms with Crippen molar-refractivity contribution in [2.75, 3.05) is 25.0 Å². The van der Waals surface area contributed by atoms with Crippen LogP contribution in [0.5, 0.6) is 0 Å². The number of aryl methyl sites for hydroxylation is 1. The Kier molecular flexibility index (Phi) is 3.81. The van der Waals surface area contributed by atoms with Gasteiger partial charge in [0.25, 0.3) is 0 Å². The van der Waals surface area contributed by atoms with E-state index in [1.54, 1.807) is 0 Å². The topological polar surface area (TPSA) is 21.1 Å². The molecule has 15 heavy (non-hydrogen) atoms. The summed E-state index contributed by atoms with van der Waals surface area (Å²) >= 11 is 3.56. The molecule has 1 aliphatic heterocycles. The lowest BCUT2D eigenvalue weighted by atomic mass is 10.2. The van der Waals surface area contributed by atoms with Crippen molar-refractivity contribution in [1.29, 1.82) is 0 Å². The van der Waals surface area contributed by atoms with Gasteiger partial charge in [-0.3, -0.25) is 4.68 Å². The summed E-state index contributed by atoms with van der Waals surface area (Å²) in [6.45, 7) is 3.68. The maximum absolute atomic E-state index is 4.18. The molecule has 1 fully saturated rings. The first-order valence-corrected chi connectivity index (χ1v) is 6.67. The molecule has 1 saturated heterocycles. The van der Waals surface area contributed by atoms with Crippen LogP contribution < -0.4 is 0 Å². The van der Waals surface area contributed by atoms with Gasteiger partial charge in [-0.1, -0.05) is 15.9 Å². The highest BCUT2D eigenvalue weighted by Gasteiger charge is 2.20. The third-order valence-corrected chi connectivity index (χ3v) is 4.11. The minimum absolute atomic E-state index is 0.858. The summed E-state index contributed by atoms with van der Waals surface area (Å²) in [5.41, 5.74) is 1.33. The quantitative estimate of drug-likeness (QED) is 0.778. The fourth-order valence-electron chi connectivity index (χ4n) is 2.16. The highest BCUT2D eigenvalue weighted by Crippen LogP contribution is 2.18. The van der Waals surface area contributed by atoms with Gasteiger partial charge in [-0.15, -0.1) is 0 Å². The van der Waals surface area contributed by atoms with Crippen LogP contribution in [0.2, 0.25) is 0 Å². The first-order chi connectivity index (χ1) is 7.29. The number of hydrogen-bond donors (Lipinski definition) is 0. The summed E-state index contributed by atoms with van der Waals surface area (Å²) in [7, 11) is 2.01. The van der Waals surface area contributed by atoms with Crippen molar-refractivity contribution in [3.05, 3.63) is 18.0 Å². The van der Waals surface area contributed by atoms with Crippen LogP contribution in [0.3, 0.4) is 0 Å². The molecule has 0 bridgehead atoms. The Morgan fingerprint density at radius 2 is 2.47 bits per heavy atom. The number of halogens is 1. The number of nitrogens with zero attached hydrogens (tertiary/aromatic N) is 3. The predicted octanol–water partition coefficient (Wildman–Crippen LogP) is 1.68. The molecule has 1 aliphatic rings. The van der Waals surface area contributed by atoms with Crippen LogP contribution in [-0.4, -0.2) is 39.6 Å². The Bertz CT molecular complexity index is 311. The lowest BCUT2D eigenvalue weighted by Gasteiger charge is -2.15. The third-order valence-electron chi connectivity index (χ3n) is 3.19. The fraction of sp³-hybridized carbons (Fsp3) is 0.727. The molecule has 1 atom stereocenters. The Morgan fingerprint density at radius 3 is 3.07 bits per heavy atom. The van der Waals surface area contributed by atoms with Gasteiger partial charge in [-0.05, 0) is 24.9 Å². The molecule has 84 valence electrons. The van der Waals surface area contributed by atoms with E-state index in [4.69, 9.17) is 0 Å². The molecule has 1 aromatic heterocycles. The summed E-state index contributed by atoms with van der Waals surface area (Å²) in [4.78, 5) is 2.55. The first kappa shape index (κ1) is 11.1. The van der Waals surface area contributed by atoms with Crippen LogP contribution in [0.15, 0.2) is 12.3 Å². The molecule has 1 unspecified atom stereocenters. The Morgan fingerprint density at radius 1 is 1.60 bits per heavy atom. The molecular weight excluding hydrogens is 254 g/mol. The molecule has 0 aliphatic carbocycles. The zero-order valence-corrected chi connectivity index (χ0v) is 10.8. The molecule has 0 N–H and O–H groups in total.